The third-order valence-corrected chi connectivity index (χ3v) is 1.62. The van der Waals surface area contributed by atoms with Gasteiger partial charge in [0.1, 0.15) is 5.82 Å². The second-order valence-corrected chi connectivity index (χ2v) is 2.65. The van der Waals surface area contributed by atoms with Gasteiger partial charge >= 0.3 is 0 Å². The van der Waals surface area contributed by atoms with Crippen molar-refractivity contribution < 1.29 is 4.39 Å². The molecule has 11 heavy (non-hydrogen) atoms. The van der Waals surface area contributed by atoms with Crippen LogP contribution >= 0.6 is 9.24 Å². The van der Waals surface area contributed by atoms with E-state index in [0.29, 0.717) is 5.30 Å². The van der Waals surface area contributed by atoms with Crippen LogP contribution in [0, 0.1) is 12.7 Å². The minimum absolute atomic E-state index is 0.153. The molecule has 1 aromatic carbocycles. The van der Waals surface area contributed by atoms with Crippen molar-refractivity contribution in [2.24, 2.45) is 0 Å². The Hall–Kier alpha value is -0.420. The lowest BCUT2D eigenvalue weighted by atomic mass is 10.2. The number of aryl methyl sites for hydroxylation is 1. The summed E-state index contributed by atoms with van der Waals surface area (Å²) in [5.41, 5.74) is 0.957. The molecule has 0 aromatic heterocycles. The van der Waals surface area contributed by atoms with Gasteiger partial charge in [0.2, 0.25) is 0 Å². The summed E-state index contributed by atoms with van der Waals surface area (Å²) in [5.74, 6) is -0.153. The number of rotatable bonds is 0. The van der Waals surface area contributed by atoms with Gasteiger partial charge in [0.05, 0.1) is 0 Å². The Balaban J connectivity index is 0.000000461. The van der Waals surface area contributed by atoms with Gasteiger partial charge in [-0.2, -0.15) is 0 Å². The second-order valence-electron chi connectivity index (χ2n) is 2.02. The van der Waals surface area contributed by atoms with E-state index in [9.17, 15) is 4.39 Å². The zero-order valence-electron chi connectivity index (χ0n) is 7.19. The van der Waals surface area contributed by atoms with Gasteiger partial charge in [-0.3, -0.25) is 0 Å². The van der Waals surface area contributed by atoms with Crippen molar-refractivity contribution in [3.63, 3.8) is 0 Å². The summed E-state index contributed by atoms with van der Waals surface area (Å²) >= 11 is 0. The highest BCUT2D eigenvalue weighted by atomic mass is 31.0. The molecule has 0 heterocycles. The van der Waals surface area contributed by atoms with Crippen LogP contribution in [0.5, 0.6) is 0 Å². The topological polar surface area (TPSA) is 0 Å². The minimum Gasteiger partial charge on any atom is -0.206 e. The van der Waals surface area contributed by atoms with Crippen LogP contribution in [0.25, 0.3) is 0 Å². The van der Waals surface area contributed by atoms with Crippen molar-refractivity contribution >= 4 is 14.5 Å². The first-order chi connectivity index (χ1) is 5.20. The van der Waals surface area contributed by atoms with E-state index in [1.54, 1.807) is 6.07 Å². The SMILES string of the molecule is CC.Cc1ccc(P)c(F)c1. The molecular weight excluding hydrogens is 158 g/mol. The molecule has 0 aliphatic heterocycles. The van der Waals surface area contributed by atoms with Crippen molar-refractivity contribution in [2.75, 3.05) is 0 Å². The minimum atomic E-state index is -0.153. The smallest absolute Gasteiger partial charge is 0.130 e. The molecule has 1 unspecified atom stereocenters. The van der Waals surface area contributed by atoms with Crippen molar-refractivity contribution in [3.05, 3.63) is 29.6 Å². The third-order valence-electron chi connectivity index (χ3n) is 1.16. The number of halogens is 1. The fourth-order valence-electron chi connectivity index (χ4n) is 0.632. The van der Waals surface area contributed by atoms with E-state index in [1.165, 1.54) is 6.07 Å². The fraction of sp³-hybridized carbons (Fsp3) is 0.333. The summed E-state index contributed by atoms with van der Waals surface area (Å²) in [6.45, 7) is 5.87. The van der Waals surface area contributed by atoms with Crippen LogP contribution in [0.4, 0.5) is 4.39 Å². The van der Waals surface area contributed by atoms with E-state index < -0.39 is 0 Å². The van der Waals surface area contributed by atoms with Gasteiger partial charge in [-0.15, -0.1) is 9.24 Å². The standard InChI is InChI=1S/C7H8FP.C2H6/c1-5-2-3-7(9)6(8)4-5;1-2/h2-4H,9H2,1H3;1-2H3. The molecule has 0 spiro atoms. The van der Waals surface area contributed by atoms with Gasteiger partial charge in [0, 0.05) is 5.30 Å². The molecular formula is C9H14FP. The molecule has 0 aliphatic carbocycles. The highest BCUT2D eigenvalue weighted by Crippen LogP contribution is 2.01. The Morgan fingerprint density at radius 2 is 1.82 bits per heavy atom. The van der Waals surface area contributed by atoms with Gasteiger partial charge in [-0.25, -0.2) is 4.39 Å². The molecule has 0 N–H and O–H groups in total. The molecule has 62 valence electrons. The van der Waals surface area contributed by atoms with E-state index in [1.807, 2.05) is 26.8 Å². The molecule has 1 rings (SSSR count). The van der Waals surface area contributed by atoms with Gasteiger partial charge in [-0.05, 0) is 18.6 Å². The third kappa shape index (κ3) is 3.48. The van der Waals surface area contributed by atoms with Crippen molar-refractivity contribution in [3.8, 4) is 0 Å². The lowest BCUT2D eigenvalue weighted by Gasteiger charge is -1.94. The number of hydrogen-bond donors (Lipinski definition) is 0. The molecule has 0 saturated heterocycles. The summed E-state index contributed by atoms with van der Waals surface area (Å²) in [6, 6.07) is 5.14. The maximum Gasteiger partial charge on any atom is 0.130 e. The van der Waals surface area contributed by atoms with Crippen LogP contribution in [0.15, 0.2) is 18.2 Å². The van der Waals surface area contributed by atoms with Gasteiger partial charge < -0.3 is 0 Å². The zero-order chi connectivity index (χ0) is 8.85. The number of benzene rings is 1. The van der Waals surface area contributed by atoms with E-state index >= 15 is 0 Å². The zero-order valence-corrected chi connectivity index (χ0v) is 8.34. The quantitative estimate of drug-likeness (QED) is 0.528. The first-order valence-electron chi connectivity index (χ1n) is 3.72. The fourth-order valence-corrected chi connectivity index (χ4v) is 0.812. The predicted molar refractivity (Wildman–Crippen MR) is 51.8 cm³/mol. The summed E-state index contributed by atoms with van der Waals surface area (Å²) in [7, 11) is 2.33. The van der Waals surface area contributed by atoms with Crippen molar-refractivity contribution in [2.45, 2.75) is 20.8 Å². The van der Waals surface area contributed by atoms with Crippen LogP contribution in [0.2, 0.25) is 0 Å². The van der Waals surface area contributed by atoms with Gasteiger partial charge in [-0.1, -0.05) is 26.0 Å². The Kier molecular flexibility index (Phi) is 5.06. The molecule has 1 atom stereocenters. The normalized spacial score (nSPS) is 8.45. The van der Waals surface area contributed by atoms with Crippen molar-refractivity contribution in [1.82, 2.24) is 0 Å². The first-order valence-corrected chi connectivity index (χ1v) is 4.29. The lowest BCUT2D eigenvalue weighted by Crippen LogP contribution is -1.96. The van der Waals surface area contributed by atoms with Crippen molar-refractivity contribution in [1.29, 1.82) is 0 Å². The van der Waals surface area contributed by atoms with Crippen LogP contribution < -0.4 is 5.30 Å². The Morgan fingerprint density at radius 1 is 1.27 bits per heavy atom. The summed E-state index contributed by atoms with van der Waals surface area (Å²) < 4.78 is 12.6. The van der Waals surface area contributed by atoms with E-state index in [0.717, 1.165) is 5.56 Å². The van der Waals surface area contributed by atoms with Crippen LogP contribution in [0.1, 0.15) is 19.4 Å². The average Bonchev–Trinajstić information content (AvgIpc) is 2.02. The second kappa shape index (κ2) is 5.26. The molecule has 0 radical (unpaired) electrons. The summed E-state index contributed by atoms with van der Waals surface area (Å²) in [6.07, 6.45) is 0. The Labute approximate surface area is 70.0 Å². The monoisotopic (exact) mass is 172 g/mol. The highest BCUT2D eigenvalue weighted by Gasteiger charge is 1.93. The lowest BCUT2D eigenvalue weighted by molar-refractivity contribution is 0.635. The van der Waals surface area contributed by atoms with Gasteiger partial charge in [0.15, 0.2) is 0 Å². The Morgan fingerprint density at radius 3 is 2.18 bits per heavy atom. The molecule has 0 aliphatic rings. The highest BCUT2D eigenvalue weighted by molar-refractivity contribution is 7.27. The van der Waals surface area contributed by atoms with Crippen LogP contribution in [-0.4, -0.2) is 0 Å². The predicted octanol–water partition coefficient (Wildman–Crippen LogP) is 2.66. The maximum absolute atomic E-state index is 12.6. The first kappa shape index (κ1) is 10.6. The van der Waals surface area contributed by atoms with E-state index in [2.05, 4.69) is 9.24 Å². The molecule has 0 saturated carbocycles. The van der Waals surface area contributed by atoms with Crippen LogP contribution in [-0.2, 0) is 0 Å². The molecule has 2 heteroatoms. The van der Waals surface area contributed by atoms with Gasteiger partial charge in [0.25, 0.3) is 0 Å². The number of hydrogen-bond acceptors (Lipinski definition) is 0. The van der Waals surface area contributed by atoms with E-state index in [-0.39, 0.29) is 5.82 Å². The maximum atomic E-state index is 12.6. The van der Waals surface area contributed by atoms with E-state index in [4.69, 9.17) is 0 Å². The molecule has 1 aromatic rings. The molecule has 0 bridgehead atoms. The summed E-state index contributed by atoms with van der Waals surface area (Å²) in [4.78, 5) is 0. The summed E-state index contributed by atoms with van der Waals surface area (Å²) in [5, 5.41) is 0.626. The molecule has 0 amide bonds. The van der Waals surface area contributed by atoms with Crippen LogP contribution in [0.3, 0.4) is 0 Å². The average molecular weight is 172 g/mol. The Bertz CT molecular complexity index is 221. The largest absolute Gasteiger partial charge is 0.206 e. The molecule has 0 nitrogen and oxygen atoms in total. The molecule has 0 fully saturated rings.